The predicted molar refractivity (Wildman–Crippen MR) is 121 cm³/mol. The first-order chi connectivity index (χ1) is 15.9. The van der Waals surface area contributed by atoms with E-state index in [1.165, 1.54) is 24.3 Å². The maximum Gasteiger partial charge on any atom is 0.261 e. The van der Waals surface area contributed by atoms with Crippen LogP contribution in [0.3, 0.4) is 0 Å². The number of carbonyl (C=O) groups excluding carboxylic acids is 3. The molecule has 7 nitrogen and oxygen atoms in total. The predicted octanol–water partition coefficient (Wildman–Crippen LogP) is 5.04. The van der Waals surface area contributed by atoms with Crippen LogP contribution in [0, 0.1) is 6.92 Å². The van der Waals surface area contributed by atoms with Crippen LogP contribution in [0.1, 0.15) is 48.0 Å². The molecule has 5 rings (SSSR count). The SMILES string of the molecule is Cc1onc(-c2ccccc2Cl)c1C(=O)Nc1ccc(O)c2c1C(=O)c1ccccc1C2=O. The summed E-state index contributed by atoms with van der Waals surface area (Å²) in [6.07, 6.45) is 0. The number of rotatable bonds is 3. The van der Waals surface area contributed by atoms with Gasteiger partial charge in [-0.3, -0.25) is 14.4 Å². The lowest BCUT2D eigenvalue weighted by Crippen LogP contribution is -2.24. The first-order valence-corrected chi connectivity index (χ1v) is 10.3. The van der Waals surface area contributed by atoms with Crippen LogP contribution in [-0.2, 0) is 0 Å². The van der Waals surface area contributed by atoms with Crippen molar-refractivity contribution in [2.45, 2.75) is 6.92 Å². The van der Waals surface area contributed by atoms with Crippen molar-refractivity contribution in [1.29, 1.82) is 0 Å². The lowest BCUT2D eigenvalue weighted by molar-refractivity contribution is 0.0976. The van der Waals surface area contributed by atoms with E-state index in [1.807, 2.05) is 0 Å². The van der Waals surface area contributed by atoms with E-state index >= 15 is 0 Å². The number of hydrogen-bond acceptors (Lipinski definition) is 6. The first-order valence-electron chi connectivity index (χ1n) is 9.95. The summed E-state index contributed by atoms with van der Waals surface area (Å²) in [6, 6.07) is 15.9. The summed E-state index contributed by atoms with van der Waals surface area (Å²) in [5.41, 5.74) is 1.17. The highest BCUT2D eigenvalue weighted by Gasteiger charge is 2.35. The lowest BCUT2D eigenvalue weighted by Gasteiger charge is -2.21. The number of anilines is 1. The first kappa shape index (κ1) is 20.7. The van der Waals surface area contributed by atoms with E-state index in [9.17, 15) is 19.5 Å². The fraction of sp³-hybridized carbons (Fsp3) is 0.0400. The minimum absolute atomic E-state index is 0.0690. The maximum atomic E-state index is 13.3. The summed E-state index contributed by atoms with van der Waals surface area (Å²) in [6.45, 7) is 1.58. The van der Waals surface area contributed by atoms with Gasteiger partial charge in [0.2, 0.25) is 0 Å². The Morgan fingerprint density at radius 2 is 1.52 bits per heavy atom. The fourth-order valence-electron chi connectivity index (χ4n) is 3.97. The number of hydrogen-bond donors (Lipinski definition) is 2. The molecule has 1 aliphatic rings. The topological polar surface area (TPSA) is 110 Å². The van der Waals surface area contributed by atoms with Crippen LogP contribution in [0.2, 0.25) is 5.02 Å². The van der Waals surface area contributed by atoms with E-state index in [1.54, 1.807) is 43.3 Å². The zero-order valence-electron chi connectivity index (χ0n) is 17.2. The van der Waals surface area contributed by atoms with E-state index in [0.29, 0.717) is 10.6 Å². The van der Waals surface area contributed by atoms with Gasteiger partial charge >= 0.3 is 0 Å². The van der Waals surface area contributed by atoms with Crippen molar-refractivity contribution in [3.63, 3.8) is 0 Å². The summed E-state index contributed by atoms with van der Waals surface area (Å²) in [5, 5.41) is 17.4. The van der Waals surface area contributed by atoms with Gasteiger partial charge in [-0.25, -0.2) is 0 Å². The summed E-state index contributed by atoms with van der Waals surface area (Å²) in [7, 11) is 0. The number of nitrogens with zero attached hydrogens (tertiary/aromatic N) is 1. The zero-order chi connectivity index (χ0) is 23.3. The molecule has 3 aromatic carbocycles. The van der Waals surface area contributed by atoms with Crippen molar-refractivity contribution >= 4 is 34.8 Å². The third-order valence-electron chi connectivity index (χ3n) is 5.52. The fourth-order valence-corrected chi connectivity index (χ4v) is 4.20. The molecule has 33 heavy (non-hydrogen) atoms. The number of benzene rings is 3. The molecule has 8 heteroatoms. The normalized spacial score (nSPS) is 12.3. The van der Waals surface area contributed by atoms with Crippen LogP contribution in [0.4, 0.5) is 5.69 Å². The van der Waals surface area contributed by atoms with Crippen molar-refractivity contribution in [3.05, 3.63) is 99.3 Å². The van der Waals surface area contributed by atoms with Gasteiger partial charge in [0.25, 0.3) is 5.91 Å². The number of aryl methyl sites for hydroxylation is 1. The van der Waals surface area contributed by atoms with Crippen molar-refractivity contribution in [1.82, 2.24) is 5.16 Å². The van der Waals surface area contributed by atoms with Crippen molar-refractivity contribution in [2.75, 3.05) is 5.32 Å². The maximum absolute atomic E-state index is 13.3. The average molecular weight is 459 g/mol. The summed E-state index contributed by atoms with van der Waals surface area (Å²) in [5.74, 6) is -1.65. The molecule has 0 atom stereocenters. The minimum Gasteiger partial charge on any atom is -0.507 e. The Bertz CT molecular complexity index is 1490. The number of aromatic nitrogens is 1. The van der Waals surface area contributed by atoms with E-state index in [-0.39, 0.29) is 50.7 Å². The molecule has 0 saturated carbocycles. The number of fused-ring (bicyclic) bond motifs is 2. The average Bonchev–Trinajstić information content (AvgIpc) is 3.20. The third kappa shape index (κ3) is 3.21. The van der Waals surface area contributed by atoms with Crippen LogP contribution in [-0.4, -0.2) is 27.7 Å². The highest BCUT2D eigenvalue weighted by molar-refractivity contribution is 6.34. The molecule has 4 aromatic rings. The number of phenolic OH excluding ortho intramolecular Hbond substituents is 1. The Kier molecular flexibility index (Phi) is 4.83. The molecule has 1 aliphatic carbocycles. The number of halogens is 1. The van der Waals surface area contributed by atoms with E-state index in [2.05, 4.69) is 10.5 Å². The second kappa shape index (κ2) is 7.72. The molecule has 0 aliphatic heterocycles. The van der Waals surface area contributed by atoms with Gasteiger partial charge in [0.05, 0.1) is 21.8 Å². The van der Waals surface area contributed by atoms with Gasteiger partial charge < -0.3 is 14.9 Å². The Morgan fingerprint density at radius 1 is 0.909 bits per heavy atom. The van der Waals surface area contributed by atoms with Gasteiger partial charge in [-0.2, -0.15) is 0 Å². The van der Waals surface area contributed by atoms with Crippen molar-refractivity contribution < 1.29 is 24.0 Å². The number of phenols is 1. The second-order valence-electron chi connectivity index (χ2n) is 7.48. The van der Waals surface area contributed by atoms with Crippen molar-refractivity contribution in [3.8, 4) is 17.0 Å². The number of amides is 1. The van der Waals surface area contributed by atoms with Gasteiger partial charge in [0.1, 0.15) is 22.8 Å². The van der Waals surface area contributed by atoms with Gasteiger partial charge in [-0.1, -0.05) is 59.2 Å². The van der Waals surface area contributed by atoms with Gasteiger partial charge in [-0.05, 0) is 25.1 Å². The van der Waals surface area contributed by atoms with E-state index in [0.717, 1.165) is 0 Å². The van der Waals surface area contributed by atoms with E-state index < -0.39 is 17.5 Å². The quantitative estimate of drug-likeness (QED) is 0.367. The van der Waals surface area contributed by atoms with Gasteiger partial charge in [0.15, 0.2) is 11.6 Å². The van der Waals surface area contributed by atoms with Crippen LogP contribution in [0.25, 0.3) is 11.3 Å². The molecule has 0 bridgehead atoms. The summed E-state index contributed by atoms with van der Waals surface area (Å²) >= 11 is 6.28. The van der Waals surface area contributed by atoms with Crippen LogP contribution in [0.5, 0.6) is 5.75 Å². The van der Waals surface area contributed by atoms with Crippen molar-refractivity contribution in [2.24, 2.45) is 0 Å². The largest absolute Gasteiger partial charge is 0.507 e. The summed E-state index contributed by atoms with van der Waals surface area (Å²) in [4.78, 5) is 39.5. The highest BCUT2D eigenvalue weighted by Crippen LogP contribution is 2.38. The van der Waals surface area contributed by atoms with Gasteiger partial charge in [0, 0.05) is 16.7 Å². The third-order valence-corrected chi connectivity index (χ3v) is 5.85. The number of ketones is 2. The second-order valence-corrected chi connectivity index (χ2v) is 7.89. The van der Waals surface area contributed by atoms with Crippen LogP contribution < -0.4 is 5.32 Å². The molecule has 0 fully saturated rings. The van der Waals surface area contributed by atoms with E-state index in [4.69, 9.17) is 16.1 Å². The molecule has 1 amide bonds. The molecular formula is C25H15ClN2O5. The monoisotopic (exact) mass is 458 g/mol. The summed E-state index contributed by atoms with van der Waals surface area (Å²) < 4.78 is 5.25. The Labute approximate surface area is 192 Å². The zero-order valence-corrected chi connectivity index (χ0v) is 17.9. The van der Waals surface area contributed by atoms with Gasteiger partial charge in [-0.15, -0.1) is 0 Å². The van der Waals surface area contributed by atoms with Crippen LogP contribution in [0.15, 0.2) is 65.2 Å². The molecule has 1 heterocycles. The lowest BCUT2D eigenvalue weighted by atomic mass is 9.82. The minimum atomic E-state index is -0.601. The number of nitrogens with one attached hydrogen (secondary N) is 1. The molecular weight excluding hydrogens is 444 g/mol. The molecule has 0 saturated heterocycles. The molecule has 0 radical (unpaired) electrons. The molecule has 0 spiro atoms. The standard InChI is InChI=1S/C25H15ClN2O5/c1-12-19(22(28-33-12)15-8-4-5-9-16(15)26)25(32)27-17-10-11-18(29)21-20(17)23(30)13-6-2-3-7-14(13)24(21)31/h2-11,29H,1H3,(H,27,32). The number of carbonyl (C=O) groups is 3. The highest BCUT2D eigenvalue weighted by atomic mass is 35.5. The Balaban J connectivity index is 1.60. The molecule has 0 unspecified atom stereocenters. The Morgan fingerprint density at radius 3 is 2.18 bits per heavy atom. The smallest absolute Gasteiger partial charge is 0.261 e. The molecule has 1 aromatic heterocycles. The molecule has 162 valence electrons. The molecule has 2 N–H and O–H groups in total. The van der Waals surface area contributed by atoms with Crippen LogP contribution >= 0.6 is 11.6 Å². The Hall–Kier alpha value is -4.23. The number of aromatic hydroxyl groups is 1.